The molecule has 0 saturated carbocycles. The molecule has 0 aliphatic carbocycles. The van der Waals surface area contributed by atoms with Crippen molar-refractivity contribution < 1.29 is 0 Å². The molecular formula is C24H32Cl2N8. The van der Waals surface area contributed by atoms with Crippen LogP contribution < -0.4 is 22.5 Å². The normalized spacial score (nSPS) is 12.6. The molecule has 34 heavy (non-hydrogen) atoms. The number of hydrogen-bond donors (Lipinski definition) is 5. The van der Waals surface area contributed by atoms with E-state index in [0.29, 0.717) is 35.3 Å². The van der Waals surface area contributed by atoms with E-state index in [1.54, 1.807) is 36.4 Å². The zero-order valence-electron chi connectivity index (χ0n) is 19.1. The smallest absolute Gasteiger partial charge is 0.218 e. The fourth-order valence-electron chi connectivity index (χ4n) is 3.07. The Morgan fingerprint density at radius 3 is 2.06 bits per heavy atom. The summed E-state index contributed by atoms with van der Waals surface area (Å²) in [5, 5.41) is 12.2. The van der Waals surface area contributed by atoms with Crippen LogP contribution >= 0.6 is 23.2 Å². The van der Waals surface area contributed by atoms with Crippen LogP contribution in [-0.4, -0.2) is 30.1 Å². The predicted octanol–water partition coefficient (Wildman–Crippen LogP) is 4.95. The van der Waals surface area contributed by atoms with Gasteiger partial charge >= 0.3 is 0 Å². The number of benzene rings is 2. The zero-order chi connectivity index (χ0) is 24.8. The molecule has 8 N–H and O–H groups in total. The van der Waals surface area contributed by atoms with Crippen LogP contribution in [-0.2, 0) is 6.42 Å². The summed E-state index contributed by atoms with van der Waals surface area (Å²) in [6.07, 6.45) is 6.10. The number of aliphatic imine (C=N–C) groups is 3. The molecule has 0 radical (unpaired) electrons. The number of nitrogens with two attached hydrogens (primary N) is 3. The van der Waals surface area contributed by atoms with Gasteiger partial charge in [0.05, 0.1) is 0 Å². The molecule has 0 spiro atoms. The number of unbranched alkanes of at least 4 members (excludes halogenated alkanes) is 4. The minimum atomic E-state index is 0.143. The van der Waals surface area contributed by atoms with Gasteiger partial charge in [0.1, 0.15) is 11.7 Å². The number of hydrogen-bond acceptors (Lipinski definition) is 2. The maximum Gasteiger partial charge on any atom is 0.218 e. The number of nitrogens with zero attached hydrogens (tertiary/aromatic N) is 3. The second-order valence-corrected chi connectivity index (χ2v) is 8.61. The van der Waals surface area contributed by atoms with Crippen LogP contribution in [0.4, 0.5) is 5.69 Å². The van der Waals surface area contributed by atoms with Gasteiger partial charge in [-0.05, 0) is 54.8 Å². The molecule has 0 atom stereocenters. The number of nitrogens with one attached hydrogen (secondary N) is 2. The molecule has 0 aliphatic rings. The van der Waals surface area contributed by atoms with Gasteiger partial charge in [-0.1, -0.05) is 54.6 Å². The molecule has 0 fully saturated rings. The second-order valence-electron chi connectivity index (χ2n) is 7.74. The van der Waals surface area contributed by atoms with Crippen molar-refractivity contribution in [2.24, 2.45) is 32.2 Å². The standard InChI is InChI=1S/C24H32Cl2N8/c25-18-9-7-17(8-10-18)16-22(28)33-21(27)6-4-2-1-3-5-15-31-23(29)34-24(30)32-20-13-11-19(26)12-14-20/h7-14H,1-6,15-16H2,(H3,27,28,33)(H5,29,30,31,32,34). The van der Waals surface area contributed by atoms with Gasteiger partial charge in [-0.2, -0.15) is 4.99 Å². The van der Waals surface area contributed by atoms with E-state index >= 15 is 0 Å². The van der Waals surface area contributed by atoms with Crippen LogP contribution in [0.25, 0.3) is 0 Å². The average molecular weight is 503 g/mol. The number of halogens is 2. The summed E-state index contributed by atoms with van der Waals surface area (Å²) >= 11 is 11.7. The van der Waals surface area contributed by atoms with Gasteiger partial charge in [0.2, 0.25) is 11.9 Å². The molecule has 2 rings (SSSR count). The summed E-state index contributed by atoms with van der Waals surface area (Å²) in [7, 11) is 0. The highest BCUT2D eigenvalue weighted by molar-refractivity contribution is 6.30. The van der Waals surface area contributed by atoms with Crippen molar-refractivity contribution in [1.29, 1.82) is 5.41 Å². The number of anilines is 1. The zero-order valence-corrected chi connectivity index (χ0v) is 20.6. The monoisotopic (exact) mass is 502 g/mol. The Labute approximate surface area is 210 Å². The van der Waals surface area contributed by atoms with Crippen LogP contribution in [0.15, 0.2) is 63.5 Å². The first kappa shape index (κ1) is 27.1. The Morgan fingerprint density at radius 1 is 0.794 bits per heavy atom. The van der Waals surface area contributed by atoms with Gasteiger partial charge in [0.25, 0.3) is 0 Å². The molecule has 182 valence electrons. The molecule has 2 aromatic rings. The summed E-state index contributed by atoms with van der Waals surface area (Å²) in [5.41, 5.74) is 19.4. The maximum absolute atomic E-state index is 7.99. The third-order valence-electron chi connectivity index (χ3n) is 4.78. The van der Waals surface area contributed by atoms with Crippen molar-refractivity contribution in [2.45, 2.75) is 44.9 Å². The Balaban J connectivity index is 1.56. The van der Waals surface area contributed by atoms with Gasteiger partial charge in [0, 0.05) is 35.1 Å². The average Bonchev–Trinajstić information content (AvgIpc) is 2.78. The summed E-state index contributed by atoms with van der Waals surface area (Å²) in [5.74, 6) is 1.06. The largest absolute Gasteiger partial charge is 0.387 e. The predicted molar refractivity (Wildman–Crippen MR) is 145 cm³/mol. The Kier molecular flexibility index (Phi) is 11.9. The SMILES string of the molecule is N=C(Cc1ccc(Cl)cc1)N=C(N)CCCCCCCN=C(N)N=C(N)Nc1ccc(Cl)cc1. The van der Waals surface area contributed by atoms with E-state index in [-0.39, 0.29) is 17.8 Å². The molecule has 0 heterocycles. The van der Waals surface area contributed by atoms with E-state index in [1.165, 1.54) is 0 Å². The topological polar surface area (TPSA) is 151 Å². The highest BCUT2D eigenvalue weighted by Gasteiger charge is 2.01. The molecule has 10 heteroatoms. The molecule has 0 saturated heterocycles. The molecule has 2 aromatic carbocycles. The highest BCUT2D eigenvalue weighted by Crippen LogP contribution is 2.13. The lowest BCUT2D eigenvalue weighted by Crippen LogP contribution is -2.26. The first-order valence-corrected chi connectivity index (χ1v) is 11.9. The van der Waals surface area contributed by atoms with E-state index in [1.807, 2.05) is 12.1 Å². The fourth-order valence-corrected chi connectivity index (χ4v) is 3.33. The Bertz CT molecular complexity index is 999. The highest BCUT2D eigenvalue weighted by atomic mass is 35.5. The molecule has 0 aliphatic heterocycles. The molecular weight excluding hydrogens is 471 g/mol. The van der Waals surface area contributed by atoms with Gasteiger partial charge < -0.3 is 22.5 Å². The van der Waals surface area contributed by atoms with Gasteiger partial charge in [-0.25, -0.2) is 4.99 Å². The lowest BCUT2D eigenvalue weighted by Gasteiger charge is -2.05. The van der Waals surface area contributed by atoms with Crippen molar-refractivity contribution in [1.82, 2.24) is 0 Å². The van der Waals surface area contributed by atoms with Crippen molar-refractivity contribution in [3.8, 4) is 0 Å². The third kappa shape index (κ3) is 11.7. The Morgan fingerprint density at radius 2 is 1.38 bits per heavy atom. The minimum Gasteiger partial charge on any atom is -0.387 e. The van der Waals surface area contributed by atoms with Gasteiger partial charge in [-0.15, -0.1) is 0 Å². The van der Waals surface area contributed by atoms with E-state index < -0.39 is 0 Å². The summed E-state index contributed by atoms with van der Waals surface area (Å²) in [6.45, 7) is 0.592. The van der Waals surface area contributed by atoms with Crippen LogP contribution in [0.2, 0.25) is 10.0 Å². The van der Waals surface area contributed by atoms with Crippen LogP contribution in [0.3, 0.4) is 0 Å². The maximum atomic E-state index is 7.99. The van der Waals surface area contributed by atoms with Crippen molar-refractivity contribution in [2.75, 3.05) is 11.9 Å². The fraction of sp³-hybridized carbons (Fsp3) is 0.333. The summed E-state index contributed by atoms with van der Waals surface area (Å²) < 4.78 is 0. The van der Waals surface area contributed by atoms with Gasteiger partial charge in [-0.3, -0.25) is 10.4 Å². The molecule has 0 bridgehead atoms. The number of guanidine groups is 2. The first-order valence-electron chi connectivity index (χ1n) is 11.1. The van der Waals surface area contributed by atoms with Gasteiger partial charge in [0.15, 0.2) is 0 Å². The quantitative estimate of drug-likeness (QED) is 0.167. The lowest BCUT2D eigenvalue weighted by molar-refractivity contribution is 0.627. The Hall–Kier alpha value is -3.10. The van der Waals surface area contributed by atoms with Crippen LogP contribution in [0, 0.1) is 5.41 Å². The number of amidine groups is 2. The van der Waals surface area contributed by atoms with Crippen molar-refractivity contribution >= 4 is 52.5 Å². The number of rotatable bonds is 11. The van der Waals surface area contributed by atoms with Crippen LogP contribution in [0.5, 0.6) is 0 Å². The van der Waals surface area contributed by atoms with Crippen molar-refractivity contribution in [3.63, 3.8) is 0 Å². The van der Waals surface area contributed by atoms with E-state index in [2.05, 4.69) is 20.3 Å². The third-order valence-corrected chi connectivity index (χ3v) is 5.28. The molecule has 0 aromatic heterocycles. The first-order chi connectivity index (χ1) is 16.3. The van der Waals surface area contributed by atoms with E-state index in [9.17, 15) is 0 Å². The summed E-state index contributed by atoms with van der Waals surface area (Å²) in [4.78, 5) is 12.5. The summed E-state index contributed by atoms with van der Waals surface area (Å²) in [6, 6.07) is 14.5. The second kappa shape index (κ2) is 14.9. The molecule has 0 unspecified atom stereocenters. The minimum absolute atomic E-state index is 0.143. The van der Waals surface area contributed by atoms with Crippen LogP contribution in [0.1, 0.15) is 44.1 Å². The lowest BCUT2D eigenvalue weighted by atomic mass is 10.1. The molecule has 8 nitrogen and oxygen atoms in total. The molecule has 0 amide bonds. The van der Waals surface area contributed by atoms with Crippen molar-refractivity contribution in [3.05, 3.63) is 64.1 Å². The van der Waals surface area contributed by atoms with E-state index in [0.717, 1.165) is 43.4 Å². The van der Waals surface area contributed by atoms with E-state index in [4.69, 9.17) is 45.8 Å².